The van der Waals surface area contributed by atoms with Crippen LogP contribution in [-0.2, 0) is 4.79 Å². The second kappa shape index (κ2) is 11.5. The molecule has 0 saturated heterocycles. The average molecular weight is 260 g/mol. The zero-order valence-corrected chi connectivity index (χ0v) is 11.5. The Labute approximate surface area is 110 Å². The molecule has 18 heavy (non-hydrogen) atoms. The van der Waals surface area contributed by atoms with E-state index in [-0.39, 0.29) is 6.42 Å². The summed E-state index contributed by atoms with van der Waals surface area (Å²) in [4.78, 5) is 10.3. The molecule has 0 aliphatic rings. The molecule has 0 fully saturated rings. The number of unbranched alkanes of at least 4 members (excludes halogenated alkanes) is 5. The van der Waals surface area contributed by atoms with Gasteiger partial charge in [-0.15, -0.1) is 0 Å². The summed E-state index contributed by atoms with van der Waals surface area (Å²) in [6.07, 6.45) is 6.78. The van der Waals surface area contributed by atoms with Gasteiger partial charge in [-0.25, -0.2) is 0 Å². The second-order valence-electron chi connectivity index (χ2n) is 4.98. The van der Waals surface area contributed by atoms with E-state index in [4.69, 9.17) is 5.11 Å². The minimum atomic E-state index is -0.772. The second-order valence-corrected chi connectivity index (χ2v) is 4.98. The molecule has 0 aliphatic heterocycles. The van der Waals surface area contributed by atoms with Gasteiger partial charge in [0.25, 0.3) is 0 Å². The van der Waals surface area contributed by atoms with Crippen molar-refractivity contribution in [2.75, 3.05) is 0 Å². The van der Waals surface area contributed by atoms with Gasteiger partial charge < -0.3 is 15.3 Å². The van der Waals surface area contributed by atoms with Gasteiger partial charge >= 0.3 is 5.97 Å². The summed E-state index contributed by atoms with van der Waals surface area (Å²) in [6, 6.07) is 0. The fourth-order valence-corrected chi connectivity index (χ4v) is 1.97. The molecule has 4 heteroatoms. The predicted octanol–water partition coefficient (Wildman–Crippen LogP) is 2.71. The Hall–Kier alpha value is -0.610. The van der Waals surface area contributed by atoms with Crippen LogP contribution in [-0.4, -0.2) is 33.5 Å². The zero-order chi connectivity index (χ0) is 13.8. The molecular formula is C14H28O4. The van der Waals surface area contributed by atoms with Gasteiger partial charge in [0.15, 0.2) is 0 Å². The van der Waals surface area contributed by atoms with E-state index in [0.717, 1.165) is 25.7 Å². The van der Waals surface area contributed by atoms with Crippen LogP contribution in [0.25, 0.3) is 0 Å². The van der Waals surface area contributed by atoms with Crippen molar-refractivity contribution in [2.45, 2.75) is 83.3 Å². The fourth-order valence-electron chi connectivity index (χ4n) is 1.97. The third-order valence-electron chi connectivity index (χ3n) is 3.19. The minimum absolute atomic E-state index is 0.190. The first kappa shape index (κ1) is 17.4. The van der Waals surface area contributed by atoms with Crippen LogP contribution < -0.4 is 0 Å². The van der Waals surface area contributed by atoms with Gasteiger partial charge in [0.2, 0.25) is 0 Å². The topological polar surface area (TPSA) is 77.8 Å². The Morgan fingerprint density at radius 2 is 1.39 bits per heavy atom. The Kier molecular flexibility index (Phi) is 11.1. The summed E-state index contributed by atoms with van der Waals surface area (Å²) >= 11 is 0. The van der Waals surface area contributed by atoms with Crippen LogP contribution in [0.2, 0.25) is 0 Å². The molecule has 2 atom stereocenters. The number of hydrogen-bond acceptors (Lipinski definition) is 3. The molecule has 0 aromatic heterocycles. The largest absolute Gasteiger partial charge is 0.481 e. The van der Waals surface area contributed by atoms with Crippen LogP contribution in [0.4, 0.5) is 0 Å². The molecule has 0 amide bonds. The lowest BCUT2D eigenvalue weighted by Crippen LogP contribution is -2.25. The molecule has 0 heterocycles. The summed E-state index contributed by atoms with van der Waals surface area (Å²) in [7, 11) is 0. The van der Waals surface area contributed by atoms with E-state index in [9.17, 15) is 15.0 Å². The van der Waals surface area contributed by atoms with E-state index in [0.29, 0.717) is 19.3 Å². The van der Waals surface area contributed by atoms with Crippen LogP contribution in [0.5, 0.6) is 0 Å². The molecule has 3 N–H and O–H groups in total. The van der Waals surface area contributed by atoms with Crippen molar-refractivity contribution in [3.63, 3.8) is 0 Å². The average Bonchev–Trinajstić information content (AvgIpc) is 2.33. The van der Waals surface area contributed by atoms with Crippen molar-refractivity contribution in [1.82, 2.24) is 0 Å². The van der Waals surface area contributed by atoms with E-state index in [1.54, 1.807) is 0 Å². The Bertz CT molecular complexity index is 206. The Morgan fingerprint density at radius 3 is 1.83 bits per heavy atom. The number of aliphatic hydroxyl groups is 2. The number of aliphatic carboxylic acids is 1. The highest BCUT2D eigenvalue weighted by atomic mass is 16.4. The van der Waals surface area contributed by atoms with Crippen molar-refractivity contribution in [1.29, 1.82) is 0 Å². The maximum Gasteiger partial charge on any atom is 0.303 e. The highest BCUT2D eigenvalue weighted by molar-refractivity contribution is 5.66. The van der Waals surface area contributed by atoms with E-state index < -0.39 is 18.2 Å². The number of carboxylic acids is 1. The van der Waals surface area contributed by atoms with Gasteiger partial charge in [0.1, 0.15) is 0 Å². The lowest BCUT2D eigenvalue weighted by Gasteiger charge is -2.17. The summed E-state index contributed by atoms with van der Waals surface area (Å²) in [5, 5.41) is 27.9. The third-order valence-corrected chi connectivity index (χ3v) is 3.19. The SMILES string of the molecule is CCCCCC[C@H](O)[C@H](O)CCCCCC(=O)O. The van der Waals surface area contributed by atoms with Gasteiger partial charge in [0, 0.05) is 6.42 Å². The predicted molar refractivity (Wildman–Crippen MR) is 71.5 cm³/mol. The highest BCUT2D eigenvalue weighted by Crippen LogP contribution is 2.13. The molecule has 0 radical (unpaired) electrons. The van der Waals surface area contributed by atoms with Gasteiger partial charge in [-0.1, -0.05) is 45.4 Å². The van der Waals surface area contributed by atoms with Crippen LogP contribution in [0, 0.1) is 0 Å². The van der Waals surface area contributed by atoms with E-state index in [1.165, 1.54) is 12.8 Å². The Morgan fingerprint density at radius 1 is 0.889 bits per heavy atom. The molecular weight excluding hydrogens is 232 g/mol. The molecule has 0 aromatic carbocycles. The maximum atomic E-state index is 10.3. The first-order valence-corrected chi connectivity index (χ1v) is 7.15. The summed E-state index contributed by atoms with van der Waals surface area (Å²) in [6.45, 7) is 2.14. The first-order valence-electron chi connectivity index (χ1n) is 7.15. The van der Waals surface area contributed by atoms with Crippen LogP contribution in [0.3, 0.4) is 0 Å². The number of aliphatic hydroxyl groups excluding tert-OH is 2. The highest BCUT2D eigenvalue weighted by Gasteiger charge is 2.15. The monoisotopic (exact) mass is 260 g/mol. The normalized spacial score (nSPS) is 14.4. The summed E-state index contributed by atoms with van der Waals surface area (Å²) in [5.74, 6) is -0.772. The first-order chi connectivity index (χ1) is 8.57. The molecule has 0 rings (SSSR count). The standard InChI is InChI=1S/C14H28O4/c1-2-3-4-6-9-12(15)13(16)10-7-5-8-11-14(17)18/h12-13,15-16H,2-11H2,1H3,(H,17,18)/t12-,13+/m0/s1. The molecule has 0 saturated carbocycles. The number of hydrogen-bond donors (Lipinski definition) is 3. The quantitative estimate of drug-likeness (QED) is 0.471. The minimum Gasteiger partial charge on any atom is -0.481 e. The van der Waals surface area contributed by atoms with E-state index in [2.05, 4.69) is 6.92 Å². The lowest BCUT2D eigenvalue weighted by molar-refractivity contribution is -0.137. The smallest absolute Gasteiger partial charge is 0.303 e. The van der Waals surface area contributed by atoms with Crippen molar-refractivity contribution >= 4 is 5.97 Å². The summed E-state index contributed by atoms with van der Waals surface area (Å²) < 4.78 is 0. The van der Waals surface area contributed by atoms with Crippen molar-refractivity contribution < 1.29 is 20.1 Å². The van der Waals surface area contributed by atoms with Gasteiger partial charge in [-0.05, 0) is 19.3 Å². The van der Waals surface area contributed by atoms with Gasteiger partial charge in [-0.3, -0.25) is 4.79 Å². The molecule has 108 valence electrons. The van der Waals surface area contributed by atoms with Crippen molar-refractivity contribution in [3.8, 4) is 0 Å². The van der Waals surface area contributed by atoms with Crippen LogP contribution in [0.15, 0.2) is 0 Å². The molecule has 0 bridgehead atoms. The molecule has 0 unspecified atom stereocenters. The zero-order valence-electron chi connectivity index (χ0n) is 11.5. The number of carboxylic acid groups (broad SMARTS) is 1. The lowest BCUT2D eigenvalue weighted by atomic mass is 10.0. The van der Waals surface area contributed by atoms with Crippen LogP contribution >= 0.6 is 0 Å². The molecule has 0 aliphatic carbocycles. The maximum absolute atomic E-state index is 10.3. The molecule has 0 aromatic rings. The molecule has 4 nitrogen and oxygen atoms in total. The summed E-state index contributed by atoms with van der Waals surface area (Å²) in [5.41, 5.74) is 0. The number of carbonyl (C=O) groups is 1. The van der Waals surface area contributed by atoms with Crippen LogP contribution in [0.1, 0.15) is 71.1 Å². The van der Waals surface area contributed by atoms with Gasteiger partial charge in [0.05, 0.1) is 12.2 Å². The third kappa shape index (κ3) is 10.5. The van der Waals surface area contributed by atoms with E-state index >= 15 is 0 Å². The fraction of sp³-hybridized carbons (Fsp3) is 0.929. The number of rotatable bonds is 12. The Balaban J connectivity index is 3.43. The van der Waals surface area contributed by atoms with Crippen molar-refractivity contribution in [2.24, 2.45) is 0 Å². The van der Waals surface area contributed by atoms with Crippen molar-refractivity contribution in [3.05, 3.63) is 0 Å². The molecule has 0 spiro atoms. The van der Waals surface area contributed by atoms with Gasteiger partial charge in [-0.2, -0.15) is 0 Å². The van der Waals surface area contributed by atoms with E-state index in [1.807, 2.05) is 0 Å².